The minimum atomic E-state index is -0.487. The van der Waals surface area contributed by atoms with Crippen molar-refractivity contribution in [1.82, 2.24) is 10.2 Å². The van der Waals surface area contributed by atoms with Gasteiger partial charge < -0.3 is 10.2 Å². The maximum atomic E-state index is 11.5. The molecule has 1 aliphatic rings. The summed E-state index contributed by atoms with van der Waals surface area (Å²) in [5, 5.41) is 14.7. The summed E-state index contributed by atoms with van der Waals surface area (Å²) >= 11 is 0. The van der Waals surface area contributed by atoms with Crippen LogP contribution >= 0.6 is 0 Å². The van der Waals surface area contributed by atoms with Gasteiger partial charge in [0.15, 0.2) is 0 Å². The van der Waals surface area contributed by atoms with Gasteiger partial charge in [-0.3, -0.25) is 9.69 Å². The highest BCUT2D eigenvalue weighted by atomic mass is 16.6. The van der Waals surface area contributed by atoms with Gasteiger partial charge in [0.25, 0.3) is 5.91 Å². The lowest BCUT2D eigenvalue weighted by Gasteiger charge is -2.19. The Morgan fingerprint density at radius 1 is 1.41 bits per heavy atom. The van der Waals surface area contributed by atoms with Gasteiger partial charge >= 0.3 is 0 Å². The van der Waals surface area contributed by atoms with E-state index in [0.29, 0.717) is 6.67 Å². The summed E-state index contributed by atoms with van der Waals surface area (Å²) in [6.45, 7) is 2.44. The normalized spacial score (nSPS) is 18.0. The summed E-state index contributed by atoms with van der Waals surface area (Å²) in [7, 11) is 1.30. The number of nitrogens with one attached hydrogen (secondary N) is 1. The van der Waals surface area contributed by atoms with Gasteiger partial charge in [-0.2, -0.15) is 5.26 Å². The number of hydrogen-bond acceptors (Lipinski definition) is 5. The van der Waals surface area contributed by atoms with Crippen molar-refractivity contribution in [1.29, 1.82) is 5.26 Å². The number of likely N-dealkylation sites (tertiary alicyclic amines) is 1. The first-order valence-electron chi connectivity index (χ1n) is 5.79. The highest BCUT2D eigenvalue weighted by Crippen LogP contribution is 2.08. The predicted octanol–water partition coefficient (Wildman–Crippen LogP) is 0.462. The first-order chi connectivity index (χ1) is 8.27. The predicted molar refractivity (Wildman–Crippen MR) is 63.1 cm³/mol. The van der Waals surface area contributed by atoms with Crippen LogP contribution in [0.1, 0.15) is 25.7 Å². The Bertz CT molecular complexity index is 314. The van der Waals surface area contributed by atoms with E-state index >= 15 is 0 Å². The van der Waals surface area contributed by atoms with Gasteiger partial charge in [0.05, 0.1) is 6.67 Å². The summed E-state index contributed by atoms with van der Waals surface area (Å²) in [6.07, 6.45) is 4.82. The van der Waals surface area contributed by atoms with Crippen molar-refractivity contribution in [3.8, 4) is 6.07 Å². The zero-order chi connectivity index (χ0) is 12.5. The average molecular weight is 238 g/mol. The van der Waals surface area contributed by atoms with Crippen LogP contribution < -0.4 is 5.32 Å². The number of nitrogens with zero attached hydrogens (tertiary/aromatic N) is 3. The smallest absolute Gasteiger partial charge is 0.285 e. The Hall–Kier alpha value is -1.61. The fraction of sp³-hybridized carbons (Fsp3) is 0.727. The van der Waals surface area contributed by atoms with Crippen LogP contribution in [0.15, 0.2) is 5.16 Å². The number of rotatable bonds is 4. The fourth-order valence-electron chi connectivity index (χ4n) is 1.77. The Kier molecular flexibility index (Phi) is 6.04. The molecule has 6 heteroatoms. The summed E-state index contributed by atoms with van der Waals surface area (Å²) in [6, 6.07) is 1.70. The lowest BCUT2D eigenvalue weighted by Crippen LogP contribution is -2.40. The van der Waals surface area contributed by atoms with Gasteiger partial charge in [0.1, 0.15) is 13.2 Å². The molecular formula is C11H18N4O2. The number of oxime groups is 1. The minimum Gasteiger partial charge on any atom is -0.398 e. The fourth-order valence-corrected chi connectivity index (χ4v) is 1.77. The van der Waals surface area contributed by atoms with Crippen LogP contribution in [-0.2, 0) is 9.63 Å². The van der Waals surface area contributed by atoms with Gasteiger partial charge in [0, 0.05) is 0 Å². The second kappa shape index (κ2) is 7.63. The average Bonchev–Trinajstić information content (AvgIpc) is 2.61. The molecule has 94 valence electrons. The Morgan fingerprint density at radius 2 is 2.06 bits per heavy atom. The summed E-state index contributed by atoms with van der Waals surface area (Å²) in [5.41, 5.74) is -0.248. The standard InChI is InChI=1S/C11H18N4O2/c1-17-14-10(8-12)11(16)13-9-15-6-4-2-3-5-7-15/h2-7,9H2,1H3,(H,13,16). The lowest BCUT2D eigenvalue weighted by atomic mass is 10.2. The van der Waals surface area contributed by atoms with Crippen molar-refractivity contribution in [2.24, 2.45) is 5.16 Å². The molecule has 17 heavy (non-hydrogen) atoms. The highest BCUT2D eigenvalue weighted by Gasteiger charge is 2.14. The van der Waals surface area contributed by atoms with E-state index < -0.39 is 5.91 Å². The van der Waals surface area contributed by atoms with Crippen molar-refractivity contribution >= 4 is 11.6 Å². The Morgan fingerprint density at radius 3 is 2.59 bits per heavy atom. The molecule has 1 rings (SSSR count). The van der Waals surface area contributed by atoms with Gasteiger partial charge in [0.2, 0.25) is 5.71 Å². The molecule has 1 aliphatic heterocycles. The maximum absolute atomic E-state index is 11.5. The highest BCUT2D eigenvalue weighted by molar-refractivity contribution is 6.44. The quantitative estimate of drug-likeness (QED) is 0.570. The molecular weight excluding hydrogens is 220 g/mol. The second-order valence-corrected chi connectivity index (χ2v) is 3.93. The summed E-state index contributed by atoms with van der Waals surface area (Å²) in [4.78, 5) is 18.1. The van der Waals surface area contributed by atoms with Crippen LogP contribution in [0.3, 0.4) is 0 Å². The van der Waals surface area contributed by atoms with E-state index in [-0.39, 0.29) is 5.71 Å². The van der Waals surface area contributed by atoms with Crippen molar-refractivity contribution < 1.29 is 9.63 Å². The van der Waals surface area contributed by atoms with E-state index in [4.69, 9.17) is 5.26 Å². The Labute approximate surface area is 101 Å². The Balaban J connectivity index is 2.36. The molecule has 0 aromatic heterocycles. The van der Waals surface area contributed by atoms with Gasteiger partial charge in [-0.25, -0.2) is 0 Å². The molecule has 0 aromatic carbocycles. The molecule has 0 aliphatic carbocycles. The third-order valence-corrected chi connectivity index (χ3v) is 2.67. The molecule has 0 bridgehead atoms. The molecule has 0 spiro atoms. The van der Waals surface area contributed by atoms with Gasteiger partial charge in [-0.05, 0) is 25.9 Å². The monoisotopic (exact) mass is 238 g/mol. The van der Waals surface area contributed by atoms with E-state index in [1.54, 1.807) is 6.07 Å². The van der Waals surface area contributed by atoms with Crippen LogP contribution in [0.2, 0.25) is 0 Å². The molecule has 6 nitrogen and oxygen atoms in total. The number of carbonyl (C=O) groups is 1. The van der Waals surface area contributed by atoms with Crippen LogP contribution in [0.25, 0.3) is 0 Å². The SMILES string of the molecule is CON=C(C#N)C(=O)NCN1CCCCCC1. The van der Waals surface area contributed by atoms with E-state index in [9.17, 15) is 4.79 Å². The third kappa shape index (κ3) is 4.83. The topological polar surface area (TPSA) is 77.7 Å². The molecule has 1 saturated heterocycles. The summed E-state index contributed by atoms with van der Waals surface area (Å²) in [5.74, 6) is -0.487. The molecule has 0 radical (unpaired) electrons. The molecule has 1 N–H and O–H groups in total. The van der Waals surface area contributed by atoms with Crippen LogP contribution in [-0.4, -0.2) is 43.4 Å². The van der Waals surface area contributed by atoms with E-state index in [2.05, 4.69) is 20.2 Å². The van der Waals surface area contributed by atoms with Crippen LogP contribution in [0.4, 0.5) is 0 Å². The van der Waals surface area contributed by atoms with Gasteiger partial charge in [-0.1, -0.05) is 18.0 Å². The number of carbonyl (C=O) groups excluding carboxylic acids is 1. The molecule has 1 amide bonds. The molecule has 0 atom stereocenters. The van der Waals surface area contributed by atoms with Crippen molar-refractivity contribution in [2.75, 3.05) is 26.9 Å². The van der Waals surface area contributed by atoms with Crippen LogP contribution in [0.5, 0.6) is 0 Å². The molecule has 0 aromatic rings. The minimum absolute atomic E-state index is 0.248. The number of hydrogen-bond donors (Lipinski definition) is 1. The zero-order valence-electron chi connectivity index (χ0n) is 10.1. The van der Waals surface area contributed by atoms with E-state index in [0.717, 1.165) is 25.9 Å². The van der Waals surface area contributed by atoms with Crippen molar-refractivity contribution in [3.63, 3.8) is 0 Å². The van der Waals surface area contributed by atoms with E-state index in [1.807, 2.05) is 0 Å². The zero-order valence-corrected chi connectivity index (χ0v) is 10.1. The maximum Gasteiger partial charge on any atom is 0.285 e. The number of amides is 1. The van der Waals surface area contributed by atoms with Crippen molar-refractivity contribution in [2.45, 2.75) is 25.7 Å². The third-order valence-electron chi connectivity index (χ3n) is 2.67. The first-order valence-corrected chi connectivity index (χ1v) is 5.79. The molecule has 0 unspecified atom stereocenters. The number of nitriles is 1. The first kappa shape index (κ1) is 13.5. The van der Waals surface area contributed by atoms with Crippen molar-refractivity contribution in [3.05, 3.63) is 0 Å². The molecule has 1 fully saturated rings. The molecule has 0 saturated carbocycles. The van der Waals surface area contributed by atoms with E-state index in [1.165, 1.54) is 20.0 Å². The lowest BCUT2D eigenvalue weighted by molar-refractivity contribution is -0.115. The van der Waals surface area contributed by atoms with Gasteiger partial charge in [-0.15, -0.1) is 0 Å². The van der Waals surface area contributed by atoms with Crippen LogP contribution in [0, 0.1) is 11.3 Å². The molecule has 1 heterocycles. The largest absolute Gasteiger partial charge is 0.398 e. The summed E-state index contributed by atoms with van der Waals surface area (Å²) < 4.78 is 0. The second-order valence-electron chi connectivity index (χ2n) is 3.93.